The normalized spacial score (nSPS) is 11.2. The maximum absolute atomic E-state index is 12.3. The molecule has 0 bridgehead atoms. The molecule has 3 aromatic rings. The van der Waals surface area contributed by atoms with E-state index >= 15 is 0 Å². The van der Waals surface area contributed by atoms with Crippen molar-refractivity contribution in [1.29, 1.82) is 0 Å². The molecule has 3 rings (SSSR count). The van der Waals surface area contributed by atoms with Gasteiger partial charge in [0.2, 0.25) is 5.91 Å². The Morgan fingerprint density at radius 3 is 2.42 bits per heavy atom. The number of ether oxygens (including phenoxy) is 1. The van der Waals surface area contributed by atoms with Gasteiger partial charge in [-0.25, -0.2) is 0 Å². The largest absolute Gasteiger partial charge is 0.467 e. The van der Waals surface area contributed by atoms with Gasteiger partial charge in [0.05, 0.1) is 19.4 Å². The molecule has 2 aromatic carbocycles. The van der Waals surface area contributed by atoms with Crippen LogP contribution in [0.4, 0.5) is 5.69 Å². The standard InChI is InChI=1S/C25H28N2O4/c1-25(2,3)20-11-9-19(10-12-20)24(29)26-15-23(28)27-21-7-4-6-18(14-21)16-30-17-22-8-5-13-31-22/h4-14H,15-17H2,1-3H3,(H,26,29)(H,27,28). The molecule has 6 heteroatoms. The molecule has 0 saturated carbocycles. The summed E-state index contributed by atoms with van der Waals surface area (Å²) < 4.78 is 10.8. The smallest absolute Gasteiger partial charge is 0.251 e. The molecule has 0 radical (unpaired) electrons. The van der Waals surface area contributed by atoms with E-state index in [1.807, 2.05) is 42.5 Å². The summed E-state index contributed by atoms with van der Waals surface area (Å²) in [5, 5.41) is 5.45. The van der Waals surface area contributed by atoms with Crippen LogP contribution < -0.4 is 10.6 Å². The Labute approximate surface area is 182 Å². The van der Waals surface area contributed by atoms with Crippen LogP contribution in [0.5, 0.6) is 0 Å². The van der Waals surface area contributed by atoms with Crippen LogP contribution in [-0.4, -0.2) is 18.4 Å². The Hall–Kier alpha value is -3.38. The summed E-state index contributed by atoms with van der Waals surface area (Å²) in [6.45, 7) is 7.02. The molecule has 162 valence electrons. The molecular weight excluding hydrogens is 392 g/mol. The molecule has 6 nitrogen and oxygen atoms in total. The summed E-state index contributed by atoms with van der Waals surface area (Å²) in [5.41, 5.74) is 3.26. The molecule has 2 N–H and O–H groups in total. The first-order chi connectivity index (χ1) is 14.8. The van der Waals surface area contributed by atoms with Crippen LogP contribution >= 0.6 is 0 Å². The average molecular weight is 421 g/mol. The predicted molar refractivity (Wildman–Crippen MR) is 120 cm³/mol. The second-order valence-corrected chi connectivity index (χ2v) is 8.33. The van der Waals surface area contributed by atoms with Crippen molar-refractivity contribution in [3.63, 3.8) is 0 Å². The fraction of sp³-hybridized carbons (Fsp3) is 0.280. The van der Waals surface area contributed by atoms with Gasteiger partial charge >= 0.3 is 0 Å². The third-order valence-corrected chi connectivity index (χ3v) is 4.73. The molecular formula is C25H28N2O4. The highest BCUT2D eigenvalue weighted by Gasteiger charge is 2.14. The van der Waals surface area contributed by atoms with E-state index < -0.39 is 0 Å². The molecule has 0 spiro atoms. The SMILES string of the molecule is CC(C)(C)c1ccc(C(=O)NCC(=O)Nc2cccc(COCc3ccco3)c2)cc1. The average Bonchev–Trinajstić information content (AvgIpc) is 3.25. The number of furan rings is 1. The topological polar surface area (TPSA) is 80.6 Å². The Kier molecular flexibility index (Phi) is 7.26. The van der Waals surface area contributed by atoms with Crippen LogP contribution in [0.3, 0.4) is 0 Å². The van der Waals surface area contributed by atoms with E-state index in [1.165, 1.54) is 0 Å². The van der Waals surface area contributed by atoms with Crippen molar-refractivity contribution in [2.24, 2.45) is 0 Å². The van der Waals surface area contributed by atoms with Crippen molar-refractivity contribution in [3.05, 3.63) is 89.4 Å². The monoisotopic (exact) mass is 420 g/mol. The maximum Gasteiger partial charge on any atom is 0.251 e. The van der Waals surface area contributed by atoms with Crippen LogP contribution in [0, 0.1) is 0 Å². The van der Waals surface area contributed by atoms with E-state index in [9.17, 15) is 9.59 Å². The van der Waals surface area contributed by atoms with E-state index in [2.05, 4.69) is 31.4 Å². The number of amides is 2. The number of carbonyl (C=O) groups excluding carboxylic acids is 2. The summed E-state index contributed by atoms with van der Waals surface area (Å²) in [4.78, 5) is 24.6. The molecule has 0 aliphatic carbocycles. The minimum atomic E-state index is -0.298. The highest BCUT2D eigenvalue weighted by molar-refractivity contribution is 5.99. The van der Waals surface area contributed by atoms with Crippen molar-refractivity contribution in [2.75, 3.05) is 11.9 Å². The van der Waals surface area contributed by atoms with Gasteiger partial charge in [-0.05, 0) is 52.9 Å². The van der Waals surface area contributed by atoms with E-state index in [4.69, 9.17) is 9.15 Å². The van der Waals surface area contributed by atoms with Crippen molar-refractivity contribution < 1.29 is 18.7 Å². The molecule has 0 atom stereocenters. The first-order valence-electron chi connectivity index (χ1n) is 10.2. The van der Waals surface area contributed by atoms with E-state index in [1.54, 1.807) is 24.5 Å². The fourth-order valence-corrected chi connectivity index (χ4v) is 2.99. The van der Waals surface area contributed by atoms with Gasteiger partial charge in [0.25, 0.3) is 5.91 Å². The summed E-state index contributed by atoms with van der Waals surface area (Å²) in [6, 6.07) is 18.5. The number of hydrogen-bond donors (Lipinski definition) is 2. The van der Waals surface area contributed by atoms with Gasteiger partial charge in [-0.15, -0.1) is 0 Å². The van der Waals surface area contributed by atoms with E-state index in [0.717, 1.165) is 16.9 Å². The molecule has 1 aromatic heterocycles. The van der Waals surface area contributed by atoms with E-state index in [0.29, 0.717) is 24.5 Å². The molecule has 31 heavy (non-hydrogen) atoms. The minimum Gasteiger partial charge on any atom is -0.467 e. The lowest BCUT2D eigenvalue weighted by atomic mass is 9.87. The van der Waals surface area contributed by atoms with Crippen LogP contribution in [-0.2, 0) is 28.2 Å². The lowest BCUT2D eigenvalue weighted by molar-refractivity contribution is -0.115. The zero-order valence-electron chi connectivity index (χ0n) is 18.1. The van der Waals surface area contributed by atoms with Gasteiger partial charge < -0.3 is 19.8 Å². The van der Waals surface area contributed by atoms with Crippen molar-refractivity contribution in [3.8, 4) is 0 Å². The van der Waals surface area contributed by atoms with Gasteiger partial charge in [-0.2, -0.15) is 0 Å². The lowest BCUT2D eigenvalue weighted by Gasteiger charge is -2.19. The van der Waals surface area contributed by atoms with Crippen LogP contribution in [0.1, 0.15) is 48.0 Å². The summed E-state index contributed by atoms with van der Waals surface area (Å²) in [7, 11) is 0. The Morgan fingerprint density at radius 2 is 1.74 bits per heavy atom. The summed E-state index contributed by atoms with van der Waals surface area (Å²) in [6.07, 6.45) is 1.61. The molecule has 1 heterocycles. The van der Waals surface area contributed by atoms with Gasteiger partial charge in [0, 0.05) is 11.3 Å². The molecule has 0 aliphatic rings. The summed E-state index contributed by atoms with van der Waals surface area (Å²) >= 11 is 0. The number of nitrogens with one attached hydrogen (secondary N) is 2. The van der Waals surface area contributed by atoms with Gasteiger partial charge in [0.1, 0.15) is 12.4 Å². The van der Waals surface area contributed by atoms with Crippen molar-refractivity contribution >= 4 is 17.5 Å². The first-order valence-corrected chi connectivity index (χ1v) is 10.2. The Bertz CT molecular complexity index is 1000. The molecule has 2 amide bonds. The predicted octanol–water partition coefficient (Wildman–Crippen LogP) is 4.66. The number of benzene rings is 2. The molecule has 0 fully saturated rings. The molecule has 0 aliphatic heterocycles. The van der Waals surface area contributed by atoms with Crippen LogP contribution in [0.25, 0.3) is 0 Å². The van der Waals surface area contributed by atoms with Crippen LogP contribution in [0.15, 0.2) is 71.3 Å². The zero-order chi connectivity index (χ0) is 22.3. The minimum absolute atomic E-state index is 0.0211. The number of rotatable bonds is 8. The fourth-order valence-electron chi connectivity index (χ4n) is 2.99. The quantitative estimate of drug-likeness (QED) is 0.555. The molecule has 0 unspecified atom stereocenters. The van der Waals surface area contributed by atoms with Gasteiger partial charge in [-0.3, -0.25) is 9.59 Å². The van der Waals surface area contributed by atoms with Gasteiger partial charge in [-0.1, -0.05) is 45.0 Å². The Morgan fingerprint density at radius 1 is 0.968 bits per heavy atom. The zero-order valence-corrected chi connectivity index (χ0v) is 18.1. The lowest BCUT2D eigenvalue weighted by Crippen LogP contribution is -2.32. The summed E-state index contributed by atoms with van der Waals surface area (Å²) in [5.74, 6) is 0.178. The number of carbonyl (C=O) groups is 2. The highest BCUT2D eigenvalue weighted by atomic mass is 16.5. The van der Waals surface area contributed by atoms with E-state index in [-0.39, 0.29) is 23.8 Å². The van der Waals surface area contributed by atoms with Crippen molar-refractivity contribution in [1.82, 2.24) is 5.32 Å². The number of anilines is 1. The maximum atomic E-state index is 12.3. The third-order valence-electron chi connectivity index (χ3n) is 4.73. The van der Waals surface area contributed by atoms with Crippen molar-refractivity contribution in [2.45, 2.75) is 39.4 Å². The number of hydrogen-bond acceptors (Lipinski definition) is 4. The first kappa shape index (κ1) is 22.3. The van der Waals surface area contributed by atoms with Gasteiger partial charge in [0.15, 0.2) is 0 Å². The second-order valence-electron chi connectivity index (χ2n) is 8.33. The second kappa shape index (κ2) is 10.1. The highest BCUT2D eigenvalue weighted by Crippen LogP contribution is 2.22. The Balaban J connectivity index is 1.46. The third kappa shape index (κ3) is 6.83. The molecule has 0 saturated heterocycles. The van der Waals surface area contributed by atoms with Crippen LogP contribution in [0.2, 0.25) is 0 Å².